The Hall–Kier alpha value is -0.340. The average molecular weight is 285 g/mol. The highest BCUT2D eigenvalue weighted by atomic mass is 79.9. The van der Waals surface area contributed by atoms with Crippen molar-refractivity contribution in [3.05, 3.63) is 33.8 Å². The smallest absolute Gasteiger partial charge is 0.0491 e. The molecule has 0 saturated heterocycles. The minimum absolute atomic E-state index is 0.557. The molecule has 90 valence electrons. The summed E-state index contributed by atoms with van der Waals surface area (Å²) in [5, 5.41) is 0. The van der Waals surface area contributed by atoms with Gasteiger partial charge in [0.05, 0.1) is 0 Å². The van der Waals surface area contributed by atoms with E-state index in [-0.39, 0.29) is 0 Å². The first-order valence-electron chi connectivity index (χ1n) is 5.82. The summed E-state index contributed by atoms with van der Waals surface area (Å²) in [5.41, 5.74) is 2.87. The van der Waals surface area contributed by atoms with Crippen molar-refractivity contribution in [1.82, 2.24) is 0 Å². The van der Waals surface area contributed by atoms with Crippen molar-refractivity contribution in [1.29, 1.82) is 0 Å². The number of hydrogen-bond donors (Lipinski definition) is 0. The van der Waals surface area contributed by atoms with E-state index >= 15 is 0 Å². The van der Waals surface area contributed by atoms with Crippen molar-refractivity contribution in [3.8, 4) is 0 Å². The van der Waals surface area contributed by atoms with Crippen molar-refractivity contribution >= 4 is 15.9 Å². The summed E-state index contributed by atoms with van der Waals surface area (Å²) in [7, 11) is 1.76. The summed E-state index contributed by atoms with van der Waals surface area (Å²) in [6.45, 7) is 7.53. The lowest BCUT2D eigenvalue weighted by molar-refractivity contribution is 0.159. The molecule has 1 nitrogen and oxygen atoms in total. The summed E-state index contributed by atoms with van der Waals surface area (Å²) in [6.07, 6.45) is 1.07. The Labute approximate surface area is 107 Å². The van der Waals surface area contributed by atoms with Gasteiger partial charge >= 0.3 is 0 Å². The van der Waals surface area contributed by atoms with Crippen molar-refractivity contribution < 1.29 is 4.74 Å². The van der Waals surface area contributed by atoms with E-state index in [4.69, 9.17) is 4.74 Å². The van der Waals surface area contributed by atoms with Gasteiger partial charge in [-0.3, -0.25) is 0 Å². The SMILES string of the molecule is COC[C@H](C)Cc1c(Br)cccc1C(C)C. The van der Waals surface area contributed by atoms with Gasteiger partial charge in [0.2, 0.25) is 0 Å². The fourth-order valence-electron chi connectivity index (χ4n) is 2.02. The fraction of sp³-hybridized carbons (Fsp3) is 0.571. The van der Waals surface area contributed by atoms with Crippen molar-refractivity contribution in [2.24, 2.45) is 5.92 Å². The molecule has 1 atom stereocenters. The molecular weight excluding hydrogens is 264 g/mol. The van der Waals surface area contributed by atoms with E-state index in [0.717, 1.165) is 13.0 Å². The van der Waals surface area contributed by atoms with Crippen LogP contribution in [0.4, 0.5) is 0 Å². The lowest BCUT2D eigenvalue weighted by Gasteiger charge is -2.18. The molecule has 0 aromatic heterocycles. The number of methoxy groups -OCH3 is 1. The molecule has 0 amide bonds. The van der Waals surface area contributed by atoms with Gasteiger partial charge in [0.15, 0.2) is 0 Å². The molecule has 0 heterocycles. The van der Waals surface area contributed by atoms with Gasteiger partial charge in [0, 0.05) is 18.2 Å². The normalized spacial score (nSPS) is 13.1. The summed E-state index contributed by atoms with van der Waals surface area (Å²) in [4.78, 5) is 0. The van der Waals surface area contributed by atoms with E-state index in [1.165, 1.54) is 15.6 Å². The van der Waals surface area contributed by atoms with Gasteiger partial charge in [0.1, 0.15) is 0 Å². The number of rotatable bonds is 5. The van der Waals surface area contributed by atoms with E-state index in [2.05, 4.69) is 54.9 Å². The van der Waals surface area contributed by atoms with Crippen LogP contribution in [0.15, 0.2) is 22.7 Å². The molecule has 0 aliphatic heterocycles. The van der Waals surface area contributed by atoms with Gasteiger partial charge in [-0.15, -0.1) is 0 Å². The predicted octanol–water partition coefficient (Wildman–Crippen LogP) is 4.40. The second-order valence-electron chi connectivity index (χ2n) is 4.73. The molecule has 0 N–H and O–H groups in total. The molecule has 1 rings (SSSR count). The first-order valence-corrected chi connectivity index (χ1v) is 6.61. The van der Waals surface area contributed by atoms with Crippen molar-refractivity contribution in [2.75, 3.05) is 13.7 Å². The molecule has 16 heavy (non-hydrogen) atoms. The second-order valence-corrected chi connectivity index (χ2v) is 5.58. The highest BCUT2D eigenvalue weighted by Crippen LogP contribution is 2.28. The van der Waals surface area contributed by atoms with E-state index in [1.807, 2.05) is 0 Å². The largest absolute Gasteiger partial charge is 0.384 e. The zero-order chi connectivity index (χ0) is 12.1. The molecule has 0 aliphatic carbocycles. The topological polar surface area (TPSA) is 9.23 Å². The van der Waals surface area contributed by atoms with Crippen LogP contribution in [0.5, 0.6) is 0 Å². The van der Waals surface area contributed by atoms with E-state index in [9.17, 15) is 0 Å². The molecule has 2 heteroatoms. The molecule has 0 radical (unpaired) electrons. The fourth-order valence-corrected chi connectivity index (χ4v) is 2.57. The Bertz CT molecular complexity index is 334. The van der Waals surface area contributed by atoms with Crippen molar-refractivity contribution in [3.63, 3.8) is 0 Å². The molecule has 0 unspecified atom stereocenters. The predicted molar refractivity (Wildman–Crippen MR) is 73.0 cm³/mol. The zero-order valence-corrected chi connectivity index (χ0v) is 12.2. The summed E-state index contributed by atoms with van der Waals surface area (Å²) in [6, 6.07) is 6.47. The molecule has 1 aromatic carbocycles. The van der Waals surface area contributed by atoms with Crippen LogP contribution in [-0.2, 0) is 11.2 Å². The zero-order valence-electron chi connectivity index (χ0n) is 10.6. The van der Waals surface area contributed by atoms with E-state index < -0.39 is 0 Å². The number of halogens is 1. The van der Waals surface area contributed by atoms with Gasteiger partial charge in [-0.05, 0) is 35.4 Å². The molecule has 0 fully saturated rings. The van der Waals surface area contributed by atoms with Gasteiger partial charge in [-0.1, -0.05) is 48.8 Å². The minimum Gasteiger partial charge on any atom is -0.384 e. The van der Waals surface area contributed by atoms with Crippen LogP contribution in [0.1, 0.15) is 37.8 Å². The molecule has 0 bridgehead atoms. The third kappa shape index (κ3) is 3.60. The van der Waals surface area contributed by atoms with Gasteiger partial charge in [0.25, 0.3) is 0 Å². The molecule has 0 aliphatic rings. The van der Waals surface area contributed by atoms with E-state index in [1.54, 1.807) is 7.11 Å². The maximum atomic E-state index is 5.20. The lowest BCUT2D eigenvalue weighted by atomic mass is 9.91. The average Bonchev–Trinajstić information content (AvgIpc) is 2.21. The molecule has 0 spiro atoms. The Morgan fingerprint density at radius 1 is 1.25 bits per heavy atom. The highest BCUT2D eigenvalue weighted by molar-refractivity contribution is 9.10. The number of ether oxygens (including phenoxy) is 1. The van der Waals surface area contributed by atoms with Crippen LogP contribution in [0, 0.1) is 5.92 Å². The van der Waals surface area contributed by atoms with Crippen LogP contribution in [0.3, 0.4) is 0 Å². The van der Waals surface area contributed by atoms with Crippen LogP contribution in [-0.4, -0.2) is 13.7 Å². The Balaban J connectivity index is 2.92. The molecule has 1 aromatic rings. The van der Waals surface area contributed by atoms with E-state index in [0.29, 0.717) is 11.8 Å². The van der Waals surface area contributed by atoms with Crippen LogP contribution >= 0.6 is 15.9 Å². The van der Waals surface area contributed by atoms with Gasteiger partial charge in [-0.2, -0.15) is 0 Å². The quantitative estimate of drug-likeness (QED) is 0.779. The Morgan fingerprint density at radius 2 is 1.94 bits per heavy atom. The van der Waals surface area contributed by atoms with Crippen molar-refractivity contribution in [2.45, 2.75) is 33.1 Å². The van der Waals surface area contributed by atoms with Gasteiger partial charge in [-0.25, -0.2) is 0 Å². The summed E-state index contributed by atoms with van der Waals surface area (Å²) in [5.74, 6) is 1.13. The summed E-state index contributed by atoms with van der Waals surface area (Å²) < 4.78 is 6.42. The third-order valence-electron chi connectivity index (χ3n) is 2.78. The first-order chi connectivity index (χ1) is 7.56. The van der Waals surface area contributed by atoms with Crippen LogP contribution < -0.4 is 0 Å². The number of hydrogen-bond acceptors (Lipinski definition) is 1. The minimum atomic E-state index is 0.557. The van der Waals surface area contributed by atoms with Crippen LogP contribution in [0.25, 0.3) is 0 Å². The number of benzene rings is 1. The van der Waals surface area contributed by atoms with Crippen LogP contribution in [0.2, 0.25) is 0 Å². The summed E-state index contributed by atoms with van der Waals surface area (Å²) >= 11 is 3.65. The second kappa shape index (κ2) is 6.41. The maximum Gasteiger partial charge on any atom is 0.0491 e. The highest BCUT2D eigenvalue weighted by Gasteiger charge is 2.12. The Morgan fingerprint density at radius 3 is 2.50 bits per heavy atom. The maximum absolute atomic E-state index is 5.20. The van der Waals surface area contributed by atoms with Gasteiger partial charge < -0.3 is 4.74 Å². The first kappa shape index (κ1) is 13.7. The monoisotopic (exact) mass is 284 g/mol. The molecule has 0 saturated carbocycles. The Kier molecular flexibility index (Phi) is 5.50. The standard InChI is InChI=1S/C14H21BrO/c1-10(2)12-6-5-7-14(15)13(12)8-11(3)9-16-4/h5-7,10-11H,8-9H2,1-4H3/t11-/m1/s1. The lowest BCUT2D eigenvalue weighted by Crippen LogP contribution is -2.09. The third-order valence-corrected chi connectivity index (χ3v) is 3.52. The molecular formula is C14H21BrO.